The molecule has 1 N–H and O–H groups in total. The Hall–Kier alpha value is -1.24. The molecule has 0 amide bonds. The second kappa shape index (κ2) is 10.5. The molecule has 1 aromatic rings. The minimum atomic E-state index is 0.428. The summed E-state index contributed by atoms with van der Waals surface area (Å²) in [4.78, 5) is 8.59. The van der Waals surface area contributed by atoms with E-state index in [9.17, 15) is 0 Å². The molecular formula is C15H27N3O3. The van der Waals surface area contributed by atoms with Gasteiger partial charge in [-0.3, -0.25) is 0 Å². The largest absolute Gasteiger partial charge is 0.463 e. The standard InChI is InChI=1S/C15H27N3O3/c1-12(2)16-10-14-11-17-15(18-13(14)3)21-7-5-6-20-9-8-19-4/h11-12,16H,5-10H2,1-4H3. The van der Waals surface area contributed by atoms with E-state index in [1.165, 1.54) is 0 Å². The van der Waals surface area contributed by atoms with Gasteiger partial charge in [0.1, 0.15) is 0 Å². The number of nitrogens with one attached hydrogen (secondary N) is 1. The van der Waals surface area contributed by atoms with Crippen LogP contribution < -0.4 is 10.1 Å². The molecule has 0 aliphatic carbocycles. The van der Waals surface area contributed by atoms with Crippen LogP contribution in [0.5, 0.6) is 6.01 Å². The van der Waals surface area contributed by atoms with E-state index in [0.29, 0.717) is 38.5 Å². The average Bonchev–Trinajstić information content (AvgIpc) is 2.45. The maximum absolute atomic E-state index is 5.52. The van der Waals surface area contributed by atoms with Crippen LogP contribution in [0.25, 0.3) is 0 Å². The third-order valence-electron chi connectivity index (χ3n) is 2.86. The van der Waals surface area contributed by atoms with E-state index in [0.717, 1.165) is 24.2 Å². The number of aromatic nitrogens is 2. The van der Waals surface area contributed by atoms with Gasteiger partial charge in [-0.1, -0.05) is 13.8 Å². The van der Waals surface area contributed by atoms with Gasteiger partial charge < -0.3 is 19.5 Å². The number of hydrogen-bond donors (Lipinski definition) is 1. The molecule has 0 radical (unpaired) electrons. The van der Waals surface area contributed by atoms with Gasteiger partial charge in [-0.25, -0.2) is 9.97 Å². The molecule has 120 valence electrons. The van der Waals surface area contributed by atoms with Crippen molar-refractivity contribution in [3.63, 3.8) is 0 Å². The van der Waals surface area contributed by atoms with E-state index < -0.39 is 0 Å². The molecule has 0 aliphatic rings. The van der Waals surface area contributed by atoms with Gasteiger partial charge >= 0.3 is 6.01 Å². The lowest BCUT2D eigenvalue weighted by molar-refractivity contribution is 0.0639. The zero-order chi connectivity index (χ0) is 15.5. The maximum Gasteiger partial charge on any atom is 0.316 e. The van der Waals surface area contributed by atoms with Crippen molar-refractivity contribution in [1.29, 1.82) is 0 Å². The molecule has 0 saturated heterocycles. The van der Waals surface area contributed by atoms with E-state index in [1.54, 1.807) is 7.11 Å². The van der Waals surface area contributed by atoms with Gasteiger partial charge in [0.05, 0.1) is 19.8 Å². The van der Waals surface area contributed by atoms with Crippen LogP contribution in [0.4, 0.5) is 0 Å². The van der Waals surface area contributed by atoms with Crippen molar-refractivity contribution < 1.29 is 14.2 Å². The van der Waals surface area contributed by atoms with Crippen molar-refractivity contribution in [3.05, 3.63) is 17.5 Å². The molecular weight excluding hydrogens is 270 g/mol. The summed E-state index contributed by atoms with van der Waals surface area (Å²) in [6.45, 7) is 9.41. The Labute approximate surface area is 127 Å². The van der Waals surface area contributed by atoms with E-state index in [2.05, 4.69) is 29.1 Å². The van der Waals surface area contributed by atoms with E-state index in [1.807, 2.05) is 13.1 Å². The molecule has 0 aromatic carbocycles. The fraction of sp³-hybridized carbons (Fsp3) is 0.733. The molecule has 0 atom stereocenters. The first-order valence-electron chi connectivity index (χ1n) is 7.39. The zero-order valence-electron chi connectivity index (χ0n) is 13.5. The van der Waals surface area contributed by atoms with Gasteiger partial charge in [0.2, 0.25) is 0 Å². The number of nitrogens with zero attached hydrogens (tertiary/aromatic N) is 2. The highest BCUT2D eigenvalue weighted by Crippen LogP contribution is 2.09. The normalized spacial score (nSPS) is 11.1. The Bertz CT molecular complexity index is 400. The van der Waals surface area contributed by atoms with E-state index in [4.69, 9.17) is 14.2 Å². The highest BCUT2D eigenvalue weighted by molar-refractivity contribution is 5.17. The van der Waals surface area contributed by atoms with Crippen molar-refractivity contribution in [3.8, 4) is 6.01 Å². The lowest BCUT2D eigenvalue weighted by atomic mass is 10.2. The summed E-state index contributed by atoms with van der Waals surface area (Å²) in [6, 6.07) is 0.871. The molecule has 0 saturated carbocycles. The second-order valence-corrected chi connectivity index (χ2v) is 5.11. The van der Waals surface area contributed by atoms with Crippen LogP contribution >= 0.6 is 0 Å². The molecule has 1 rings (SSSR count). The maximum atomic E-state index is 5.52. The Kier molecular flexibility index (Phi) is 8.89. The summed E-state index contributed by atoms with van der Waals surface area (Å²) in [5, 5.41) is 3.35. The molecule has 0 spiro atoms. The Morgan fingerprint density at radius 3 is 2.67 bits per heavy atom. The van der Waals surface area contributed by atoms with Gasteiger partial charge in [-0.2, -0.15) is 0 Å². The quantitative estimate of drug-likeness (QED) is 0.627. The Balaban J connectivity index is 2.25. The van der Waals surface area contributed by atoms with E-state index >= 15 is 0 Å². The summed E-state index contributed by atoms with van der Waals surface area (Å²) in [6.07, 6.45) is 2.63. The molecule has 1 heterocycles. The lowest BCUT2D eigenvalue weighted by Crippen LogP contribution is -2.22. The van der Waals surface area contributed by atoms with Crippen molar-refractivity contribution >= 4 is 0 Å². The number of rotatable bonds is 11. The summed E-state index contributed by atoms with van der Waals surface area (Å²) in [7, 11) is 1.66. The Morgan fingerprint density at radius 1 is 1.19 bits per heavy atom. The predicted molar refractivity (Wildman–Crippen MR) is 81.6 cm³/mol. The summed E-state index contributed by atoms with van der Waals surface area (Å²) < 4.78 is 15.8. The van der Waals surface area contributed by atoms with Gasteiger partial charge in [0.25, 0.3) is 0 Å². The third kappa shape index (κ3) is 7.94. The van der Waals surface area contributed by atoms with Crippen molar-refractivity contribution in [2.45, 2.75) is 39.8 Å². The molecule has 6 heteroatoms. The number of aryl methyl sites for hydroxylation is 1. The first-order chi connectivity index (χ1) is 10.1. The van der Waals surface area contributed by atoms with Crippen LogP contribution in [-0.2, 0) is 16.0 Å². The first kappa shape index (κ1) is 17.8. The average molecular weight is 297 g/mol. The predicted octanol–water partition coefficient (Wildman–Crippen LogP) is 1.71. The molecule has 0 aliphatic heterocycles. The van der Waals surface area contributed by atoms with Gasteiger partial charge in [0.15, 0.2) is 0 Å². The summed E-state index contributed by atoms with van der Waals surface area (Å²) in [5.41, 5.74) is 2.04. The minimum absolute atomic E-state index is 0.428. The molecule has 0 fully saturated rings. The fourth-order valence-electron chi connectivity index (χ4n) is 1.60. The van der Waals surface area contributed by atoms with Crippen LogP contribution in [0.3, 0.4) is 0 Å². The third-order valence-corrected chi connectivity index (χ3v) is 2.86. The lowest BCUT2D eigenvalue weighted by Gasteiger charge is -2.11. The molecule has 21 heavy (non-hydrogen) atoms. The van der Waals surface area contributed by atoms with Crippen LogP contribution in [0, 0.1) is 6.92 Å². The topological polar surface area (TPSA) is 65.5 Å². The van der Waals surface area contributed by atoms with Crippen molar-refractivity contribution in [2.24, 2.45) is 0 Å². The fourth-order valence-corrected chi connectivity index (χ4v) is 1.60. The molecule has 6 nitrogen and oxygen atoms in total. The van der Waals surface area contributed by atoms with Crippen LogP contribution in [0.15, 0.2) is 6.20 Å². The van der Waals surface area contributed by atoms with E-state index in [-0.39, 0.29) is 0 Å². The van der Waals surface area contributed by atoms with Gasteiger partial charge in [0, 0.05) is 50.2 Å². The summed E-state index contributed by atoms with van der Waals surface area (Å²) in [5.74, 6) is 0. The first-order valence-corrected chi connectivity index (χ1v) is 7.39. The second-order valence-electron chi connectivity index (χ2n) is 5.11. The van der Waals surface area contributed by atoms with Crippen molar-refractivity contribution in [1.82, 2.24) is 15.3 Å². The van der Waals surface area contributed by atoms with Gasteiger partial charge in [-0.05, 0) is 6.92 Å². The smallest absolute Gasteiger partial charge is 0.316 e. The molecule has 0 unspecified atom stereocenters. The number of ether oxygens (including phenoxy) is 3. The monoisotopic (exact) mass is 297 g/mol. The highest BCUT2D eigenvalue weighted by Gasteiger charge is 2.05. The molecule has 1 aromatic heterocycles. The minimum Gasteiger partial charge on any atom is -0.463 e. The van der Waals surface area contributed by atoms with Crippen LogP contribution in [0.1, 0.15) is 31.5 Å². The molecule has 0 bridgehead atoms. The van der Waals surface area contributed by atoms with Crippen molar-refractivity contribution in [2.75, 3.05) is 33.5 Å². The van der Waals surface area contributed by atoms with Crippen LogP contribution in [0.2, 0.25) is 0 Å². The highest BCUT2D eigenvalue weighted by atomic mass is 16.5. The number of methoxy groups -OCH3 is 1. The zero-order valence-corrected chi connectivity index (χ0v) is 13.5. The SMILES string of the molecule is COCCOCCCOc1ncc(CNC(C)C)c(C)n1. The Morgan fingerprint density at radius 2 is 2.00 bits per heavy atom. The number of hydrogen-bond acceptors (Lipinski definition) is 6. The van der Waals surface area contributed by atoms with Crippen LogP contribution in [-0.4, -0.2) is 49.5 Å². The van der Waals surface area contributed by atoms with Gasteiger partial charge in [-0.15, -0.1) is 0 Å². The summed E-state index contributed by atoms with van der Waals surface area (Å²) >= 11 is 0.